The lowest BCUT2D eigenvalue weighted by Gasteiger charge is -2.19. The summed E-state index contributed by atoms with van der Waals surface area (Å²) in [5.41, 5.74) is 0.449. The van der Waals surface area contributed by atoms with E-state index in [1.807, 2.05) is 0 Å². The first-order chi connectivity index (χ1) is 8.99. The van der Waals surface area contributed by atoms with Gasteiger partial charge in [0.1, 0.15) is 4.90 Å². The molecule has 0 bridgehead atoms. The number of benzene rings is 1. The van der Waals surface area contributed by atoms with Crippen molar-refractivity contribution in [3.8, 4) is 0 Å². The van der Waals surface area contributed by atoms with E-state index in [9.17, 15) is 13.2 Å². The second-order valence-corrected chi connectivity index (χ2v) is 6.91. The molecule has 1 N–H and O–H groups in total. The van der Waals surface area contributed by atoms with Crippen molar-refractivity contribution in [2.45, 2.75) is 11.3 Å². The van der Waals surface area contributed by atoms with E-state index in [2.05, 4.69) is 20.7 Å². The van der Waals surface area contributed by atoms with E-state index in [-0.39, 0.29) is 16.7 Å². The van der Waals surface area contributed by atoms with E-state index in [0.29, 0.717) is 18.7 Å². The summed E-state index contributed by atoms with van der Waals surface area (Å²) in [7, 11) is -2.21. The zero-order chi connectivity index (χ0) is 14.0. The van der Waals surface area contributed by atoms with Crippen LogP contribution in [0.15, 0.2) is 29.2 Å². The molecule has 1 aromatic carbocycles. The van der Waals surface area contributed by atoms with Crippen LogP contribution in [-0.2, 0) is 14.8 Å². The Morgan fingerprint density at radius 1 is 1.42 bits per heavy atom. The Morgan fingerprint density at radius 2 is 2.11 bits per heavy atom. The molecule has 104 valence electrons. The van der Waals surface area contributed by atoms with Crippen molar-refractivity contribution < 1.29 is 13.2 Å². The minimum absolute atomic E-state index is 0.0387. The molecule has 1 aromatic rings. The van der Waals surface area contributed by atoms with Gasteiger partial charge in [0.2, 0.25) is 15.9 Å². The van der Waals surface area contributed by atoms with Crippen LogP contribution in [0.25, 0.3) is 0 Å². The second kappa shape index (κ2) is 5.60. The Labute approximate surface area is 121 Å². The van der Waals surface area contributed by atoms with Gasteiger partial charge in [-0.05, 0) is 25.1 Å². The molecule has 0 saturated carbocycles. The number of nitrogens with one attached hydrogen (secondary N) is 1. The third kappa shape index (κ3) is 2.82. The summed E-state index contributed by atoms with van der Waals surface area (Å²) in [6.45, 7) is 0.542. The fraction of sp³-hybridized carbons (Fsp3) is 0.417. The van der Waals surface area contributed by atoms with Gasteiger partial charge in [0, 0.05) is 18.3 Å². The molecule has 1 atom stereocenters. The molecular weight excluding hydrogens is 332 g/mol. The van der Waals surface area contributed by atoms with Crippen LogP contribution in [0.1, 0.15) is 6.42 Å². The zero-order valence-corrected chi connectivity index (χ0v) is 12.9. The molecule has 1 heterocycles. The number of rotatable bonds is 4. The Morgan fingerprint density at radius 3 is 2.68 bits per heavy atom. The van der Waals surface area contributed by atoms with Crippen LogP contribution in [0, 0.1) is 5.92 Å². The average molecular weight is 347 g/mol. The summed E-state index contributed by atoms with van der Waals surface area (Å²) in [4.78, 5) is 13.7. The van der Waals surface area contributed by atoms with Crippen LogP contribution in [0.2, 0.25) is 0 Å². The fourth-order valence-corrected chi connectivity index (χ4v) is 3.50. The molecule has 1 fully saturated rings. The number of hydrogen-bond acceptors (Lipinski definition) is 3. The summed E-state index contributed by atoms with van der Waals surface area (Å²) in [6, 6.07) is 6.56. The van der Waals surface area contributed by atoms with E-state index in [1.165, 1.54) is 13.1 Å². The molecule has 7 heteroatoms. The highest BCUT2D eigenvalue weighted by atomic mass is 79.9. The molecular formula is C12H15BrN2O3S. The lowest BCUT2D eigenvalue weighted by molar-refractivity contribution is -0.117. The number of sulfonamides is 1. The number of anilines is 1. The van der Waals surface area contributed by atoms with Crippen molar-refractivity contribution >= 4 is 37.5 Å². The topological polar surface area (TPSA) is 66.5 Å². The number of hydrogen-bond donors (Lipinski definition) is 1. The molecule has 0 radical (unpaired) electrons. The normalized spacial score (nSPS) is 20.0. The number of nitrogens with zero attached hydrogens (tertiary/aromatic N) is 1. The van der Waals surface area contributed by atoms with E-state index >= 15 is 0 Å². The summed E-state index contributed by atoms with van der Waals surface area (Å²) in [6.07, 6.45) is 0.444. The van der Waals surface area contributed by atoms with Crippen molar-refractivity contribution in [3.05, 3.63) is 24.3 Å². The van der Waals surface area contributed by atoms with Crippen LogP contribution in [-0.4, -0.2) is 33.2 Å². The first kappa shape index (κ1) is 14.5. The van der Waals surface area contributed by atoms with Crippen molar-refractivity contribution in [3.63, 3.8) is 0 Å². The van der Waals surface area contributed by atoms with E-state index < -0.39 is 10.0 Å². The number of para-hydroxylation sites is 1. The van der Waals surface area contributed by atoms with Crippen molar-refractivity contribution in [2.24, 2.45) is 5.92 Å². The van der Waals surface area contributed by atoms with Gasteiger partial charge in [0.25, 0.3) is 0 Å². The van der Waals surface area contributed by atoms with Crippen molar-refractivity contribution in [1.82, 2.24) is 4.72 Å². The Hall–Kier alpha value is -0.920. The maximum atomic E-state index is 12.0. The van der Waals surface area contributed by atoms with Gasteiger partial charge in [-0.2, -0.15) is 0 Å². The lowest BCUT2D eigenvalue weighted by Crippen LogP contribution is -2.28. The molecule has 5 nitrogen and oxygen atoms in total. The molecule has 2 rings (SSSR count). The molecule has 0 aromatic heterocycles. The van der Waals surface area contributed by atoms with Crippen LogP contribution in [0.4, 0.5) is 5.69 Å². The van der Waals surface area contributed by atoms with Crippen LogP contribution < -0.4 is 9.62 Å². The first-order valence-corrected chi connectivity index (χ1v) is 8.49. The second-order valence-electron chi connectivity index (χ2n) is 4.40. The summed E-state index contributed by atoms with van der Waals surface area (Å²) >= 11 is 3.37. The van der Waals surface area contributed by atoms with Gasteiger partial charge in [-0.25, -0.2) is 13.1 Å². The third-order valence-electron chi connectivity index (χ3n) is 3.14. The molecule has 1 aliphatic heterocycles. The maximum Gasteiger partial charge on any atom is 0.242 e. The number of amides is 1. The molecule has 19 heavy (non-hydrogen) atoms. The molecule has 1 aliphatic rings. The molecule has 1 unspecified atom stereocenters. The number of carbonyl (C=O) groups is 1. The standard InChI is InChI=1S/C12H15BrN2O3S/c1-14-19(17,18)11-5-3-2-4-10(11)15-8-9(7-13)6-12(15)16/h2-5,9,14H,6-8H2,1H3. The quantitative estimate of drug-likeness (QED) is 0.836. The van der Waals surface area contributed by atoms with Gasteiger partial charge in [-0.15, -0.1) is 0 Å². The highest BCUT2D eigenvalue weighted by molar-refractivity contribution is 9.09. The van der Waals surface area contributed by atoms with Crippen molar-refractivity contribution in [1.29, 1.82) is 0 Å². The summed E-state index contributed by atoms with van der Waals surface area (Å²) in [5, 5.41) is 0.732. The van der Waals surface area contributed by atoms with Gasteiger partial charge >= 0.3 is 0 Å². The molecule has 1 saturated heterocycles. The van der Waals surface area contributed by atoms with Gasteiger partial charge in [-0.1, -0.05) is 28.1 Å². The highest BCUT2D eigenvalue weighted by Gasteiger charge is 2.32. The highest BCUT2D eigenvalue weighted by Crippen LogP contribution is 2.31. The monoisotopic (exact) mass is 346 g/mol. The minimum Gasteiger partial charge on any atom is -0.311 e. The Kier molecular flexibility index (Phi) is 4.27. The number of halogens is 1. The third-order valence-corrected chi connectivity index (χ3v) is 5.52. The van der Waals surface area contributed by atoms with Crippen LogP contribution in [0.3, 0.4) is 0 Å². The predicted octanol–water partition coefficient (Wildman–Crippen LogP) is 1.34. The van der Waals surface area contributed by atoms with Gasteiger partial charge in [0.05, 0.1) is 5.69 Å². The summed E-state index contributed by atoms with van der Waals surface area (Å²) < 4.78 is 26.2. The Bertz CT molecular complexity index is 588. The van der Waals surface area contributed by atoms with Crippen molar-refractivity contribution in [2.75, 3.05) is 23.8 Å². The predicted molar refractivity (Wildman–Crippen MR) is 76.9 cm³/mol. The molecule has 0 aliphatic carbocycles. The van der Waals surface area contributed by atoms with Gasteiger partial charge in [0.15, 0.2) is 0 Å². The summed E-state index contributed by atoms with van der Waals surface area (Å²) in [5.74, 6) is 0.182. The lowest BCUT2D eigenvalue weighted by atomic mass is 10.2. The smallest absolute Gasteiger partial charge is 0.242 e. The average Bonchev–Trinajstić information content (AvgIpc) is 2.80. The fourth-order valence-electron chi connectivity index (χ4n) is 2.14. The van der Waals surface area contributed by atoms with E-state index in [0.717, 1.165) is 5.33 Å². The number of carbonyl (C=O) groups excluding carboxylic acids is 1. The largest absolute Gasteiger partial charge is 0.311 e. The van der Waals surface area contributed by atoms with Crippen LogP contribution in [0.5, 0.6) is 0 Å². The van der Waals surface area contributed by atoms with Gasteiger partial charge < -0.3 is 4.90 Å². The molecule has 0 spiro atoms. The van der Waals surface area contributed by atoms with E-state index in [4.69, 9.17) is 0 Å². The first-order valence-electron chi connectivity index (χ1n) is 5.88. The maximum absolute atomic E-state index is 12.0. The van der Waals surface area contributed by atoms with E-state index in [1.54, 1.807) is 23.1 Å². The van der Waals surface area contributed by atoms with Crippen LogP contribution >= 0.6 is 15.9 Å². The minimum atomic E-state index is -3.57. The van der Waals surface area contributed by atoms with Gasteiger partial charge in [-0.3, -0.25) is 4.79 Å². The zero-order valence-electron chi connectivity index (χ0n) is 10.5. The number of alkyl halides is 1. The molecule has 1 amide bonds. The SMILES string of the molecule is CNS(=O)(=O)c1ccccc1N1CC(CBr)CC1=O. The Balaban J connectivity index is 2.44.